The molecule has 1 saturated heterocycles. The Morgan fingerprint density at radius 3 is 1.26 bits per heavy atom. The third-order valence-corrected chi connectivity index (χ3v) is 14.5. The zero-order valence-corrected chi connectivity index (χ0v) is 79.6. The number of fused-ring (bicyclic) bond motifs is 3. The van der Waals surface area contributed by atoms with Gasteiger partial charge in [-0.15, -0.1) is 5.10 Å². The second kappa shape index (κ2) is 71.1. The van der Waals surface area contributed by atoms with Gasteiger partial charge in [0, 0.05) is 91.7 Å². The second-order valence-electron chi connectivity index (χ2n) is 25.7. The van der Waals surface area contributed by atoms with Gasteiger partial charge in [-0.3, -0.25) is 24.0 Å². The molecule has 666 valence electrons. The number of imidazole rings is 1. The van der Waals surface area contributed by atoms with Crippen LogP contribution in [0.5, 0.6) is 0 Å². The molecule has 3 aliphatic heterocycles. The van der Waals surface area contributed by atoms with E-state index in [-0.39, 0.29) is 71.1 Å². The van der Waals surface area contributed by atoms with Gasteiger partial charge in [-0.1, -0.05) is 173 Å². The second-order valence-corrected chi connectivity index (χ2v) is 25.7. The molecule has 117 heavy (non-hydrogen) atoms. The van der Waals surface area contributed by atoms with Crippen LogP contribution in [0.2, 0.25) is 0 Å². The molecule has 30 nitrogen and oxygen atoms in total. The van der Waals surface area contributed by atoms with Crippen molar-refractivity contribution < 1.29 is 18.7 Å². The molecule has 3 N–H and O–H groups in total. The molecule has 0 bridgehead atoms. The first kappa shape index (κ1) is 118. The number of para-hydroxylation sites is 4. The molecule has 0 atom stereocenters. The van der Waals surface area contributed by atoms with E-state index in [2.05, 4.69) is 190 Å². The van der Waals surface area contributed by atoms with Gasteiger partial charge in [0.15, 0.2) is 0 Å². The minimum atomic E-state index is -0.382. The standard InChI is InChI=1S/C11H13N.2C10H12N2.C6H10N2O2.C6H10N2O.C6H12N2.C6H11NO2.2C5H9N3O.C4H8N4O.9C2H6/c1-9(2)12-8-7-10-5-3-4-6-11(10)12;1-8(2)12-7-11-9-5-3-4-6-10(9)12;1-8(2)12-10-6-4-3-5-9(10)7-11-12;1-4(2)8-6(9)10-5(3)7-8;1-5(2)8-6(9)3-4-7-8;1-6(2)8-5-3-4-7-8;1-5(2)7-3-4-9-6(7)8;1-4(2)8-3-6-7-5(8)9;1-4(2)8-5(9)6-3-7-8;1-3(2)8-4(9)5-6-7-8;9*1-2/h3-9H,1-2H3;2*3-8H,1-2H3;4H,1-3H3;4-5H,3H2,1-2H3;4,6H,3,5H2,1-2H3;5H,3-4H2,1-2H3;3-4H,1-2H3,(H,7,9);3-4H,1-2H3,(H,6,7,9);3H,1-2H3,(H,5,7,9);9*1-2H3. The molecule has 13 rings (SSSR count). The van der Waals surface area contributed by atoms with Crippen molar-refractivity contribution in [3.63, 3.8) is 0 Å². The molecule has 2 amide bonds. The summed E-state index contributed by atoms with van der Waals surface area (Å²) in [6, 6.07) is 30.1. The van der Waals surface area contributed by atoms with Gasteiger partial charge in [-0.25, -0.2) is 48.8 Å². The van der Waals surface area contributed by atoms with Crippen LogP contribution in [0.3, 0.4) is 0 Å². The molecule has 3 aliphatic rings. The summed E-state index contributed by atoms with van der Waals surface area (Å²) in [5.74, 6) is 0.135. The maximum atomic E-state index is 10.8. The Hall–Kier alpha value is -10.3. The van der Waals surface area contributed by atoms with E-state index in [1.54, 1.807) is 18.0 Å². The van der Waals surface area contributed by atoms with Gasteiger partial charge in [-0.2, -0.15) is 34.9 Å². The number of tetrazole rings is 1. The molecule has 0 aliphatic carbocycles. The number of amides is 2. The summed E-state index contributed by atoms with van der Waals surface area (Å²) in [5.41, 5.74) is 4.28. The quantitative estimate of drug-likeness (QED) is 0.114. The van der Waals surface area contributed by atoms with Gasteiger partial charge in [0.05, 0.1) is 60.2 Å². The summed E-state index contributed by atoms with van der Waals surface area (Å²) in [7, 11) is 0. The smallest absolute Gasteiger partial charge is 0.437 e. The minimum Gasteiger partial charge on any atom is -0.448 e. The number of H-pyrrole nitrogens is 3. The number of hydrogen-bond acceptors (Lipinski definition) is 18. The van der Waals surface area contributed by atoms with Gasteiger partial charge in [-0.05, 0) is 185 Å². The van der Waals surface area contributed by atoms with E-state index in [1.165, 1.54) is 63.6 Å². The number of carbonyl (C=O) groups is 2. The highest BCUT2D eigenvalue weighted by molar-refractivity contribution is 5.94. The lowest BCUT2D eigenvalue weighted by molar-refractivity contribution is -0.130. The molecule has 10 aromatic rings. The van der Waals surface area contributed by atoms with Crippen LogP contribution in [0.15, 0.2) is 144 Å². The zero-order valence-electron chi connectivity index (χ0n) is 79.6. The number of ether oxygens (including phenoxy) is 1. The Morgan fingerprint density at radius 2 is 0.932 bits per heavy atom. The number of carbonyl (C=O) groups excluding carboxylic acids is 2. The van der Waals surface area contributed by atoms with Crippen molar-refractivity contribution in [3.8, 4) is 0 Å². The van der Waals surface area contributed by atoms with Crippen LogP contribution < -0.4 is 22.8 Å². The van der Waals surface area contributed by atoms with E-state index in [1.807, 2.05) is 261 Å². The van der Waals surface area contributed by atoms with Crippen LogP contribution in [0.25, 0.3) is 32.8 Å². The number of aryl methyl sites for hydroxylation is 1. The molecule has 7 aromatic heterocycles. The number of nitrogens with one attached hydrogen (secondary N) is 3. The van der Waals surface area contributed by atoms with Crippen molar-refractivity contribution in [2.75, 3.05) is 19.7 Å². The van der Waals surface area contributed by atoms with E-state index >= 15 is 0 Å². The number of rotatable bonds is 10. The van der Waals surface area contributed by atoms with Gasteiger partial charge in [0.1, 0.15) is 19.3 Å². The van der Waals surface area contributed by atoms with E-state index in [4.69, 9.17) is 4.74 Å². The number of cyclic esters (lactones) is 1. The lowest BCUT2D eigenvalue weighted by atomic mass is 10.2. The maximum absolute atomic E-state index is 10.8. The van der Waals surface area contributed by atoms with E-state index in [0.29, 0.717) is 43.1 Å². The SMILES string of the molecule is CC.CC.CC.CC.CC.CC.CC.CC.CC.CC(C)N1CCC=N1.CC(C)N1CCOC1=O.CC(C)N1N=CCC1=O.CC(C)n1ccc2ccccc21.CC(C)n1cn[nH]c1=O.CC(C)n1cnc2ccccc21.CC(C)n1nc[nH]c1=O.CC(C)n1ncc2ccccc21.CC(C)n1nn[nH]c1=O.Cc1nn(C(C)C)c(=O)o1. The van der Waals surface area contributed by atoms with Crippen LogP contribution in [0.4, 0.5) is 4.79 Å². The van der Waals surface area contributed by atoms with Gasteiger partial charge < -0.3 is 23.2 Å². The first-order chi connectivity index (χ1) is 55.9. The first-order valence-electron chi connectivity index (χ1n) is 42.6. The fourth-order valence-corrected chi connectivity index (χ4v) is 9.32. The van der Waals surface area contributed by atoms with E-state index < -0.39 is 0 Å². The van der Waals surface area contributed by atoms with Crippen LogP contribution in [-0.2, 0) is 9.53 Å². The summed E-state index contributed by atoms with van der Waals surface area (Å²) in [5, 5.41) is 41.0. The van der Waals surface area contributed by atoms with Crippen molar-refractivity contribution >= 4 is 57.3 Å². The van der Waals surface area contributed by atoms with Crippen LogP contribution in [0.1, 0.15) is 324 Å². The third kappa shape index (κ3) is 45.1. The van der Waals surface area contributed by atoms with Crippen molar-refractivity contribution in [1.82, 2.24) is 98.3 Å². The van der Waals surface area contributed by atoms with Crippen LogP contribution in [-0.4, -0.2) is 161 Å². The van der Waals surface area contributed by atoms with Crippen LogP contribution >= 0.6 is 0 Å². The Morgan fingerprint density at radius 1 is 0.427 bits per heavy atom. The molecule has 1 fully saturated rings. The third-order valence-electron chi connectivity index (χ3n) is 14.5. The van der Waals surface area contributed by atoms with Crippen molar-refractivity contribution in [1.29, 1.82) is 0 Å². The number of benzene rings is 3. The van der Waals surface area contributed by atoms with Crippen LogP contribution in [0, 0.1) is 6.92 Å². The molecule has 30 heteroatoms. The lowest BCUT2D eigenvalue weighted by Crippen LogP contribution is -2.31. The predicted molar refractivity (Wildman–Crippen MR) is 491 cm³/mol. The topological polar surface area (TPSA) is 331 Å². The predicted octanol–water partition coefficient (Wildman–Crippen LogP) is 20.8. The fourth-order valence-electron chi connectivity index (χ4n) is 9.32. The Bertz CT molecular complexity index is 3960. The zero-order chi connectivity index (χ0) is 91.6. The Balaban J connectivity index is -0.000000287. The van der Waals surface area contributed by atoms with Crippen molar-refractivity contribution in [2.45, 2.75) is 343 Å². The monoisotopic (exact) mass is 1640 g/mol. The van der Waals surface area contributed by atoms with E-state index in [9.17, 15) is 28.8 Å². The van der Waals surface area contributed by atoms with Gasteiger partial charge >= 0.3 is 28.9 Å². The number of hydrazone groups is 2. The Labute approximate surface area is 702 Å². The normalized spacial score (nSPS) is 11.4. The van der Waals surface area contributed by atoms with E-state index in [0.717, 1.165) is 25.0 Å². The average molecular weight is 1640 g/mol. The minimum absolute atomic E-state index is 0.0740. The number of aromatic nitrogens is 17. The molecule has 0 radical (unpaired) electrons. The average Bonchev–Trinajstić information content (AvgIpc) is 1.69. The molecule has 0 saturated carbocycles. The largest absolute Gasteiger partial charge is 0.448 e. The summed E-state index contributed by atoms with van der Waals surface area (Å²) in [4.78, 5) is 72.9. The number of aromatic amines is 3. The molecule has 10 heterocycles. The highest BCUT2D eigenvalue weighted by atomic mass is 16.6. The van der Waals surface area contributed by atoms with Gasteiger partial charge in [0.2, 0.25) is 11.8 Å². The first-order valence-corrected chi connectivity index (χ1v) is 42.6. The fraction of sp³-hybridized carbons (Fsp3) is 0.621. The summed E-state index contributed by atoms with van der Waals surface area (Å²) in [6.07, 6.45) is 13.9. The summed E-state index contributed by atoms with van der Waals surface area (Å²) < 4.78 is 21.4. The molecular weight excluding hydrogens is 1480 g/mol. The number of hydrogen-bond donors (Lipinski definition) is 3. The molecule has 0 spiro atoms. The summed E-state index contributed by atoms with van der Waals surface area (Å²) >= 11 is 0. The van der Waals surface area contributed by atoms with Crippen molar-refractivity contribution in [2.24, 2.45) is 10.2 Å². The molecular formula is C87H160N22O8. The summed E-state index contributed by atoms with van der Waals surface area (Å²) in [6.45, 7) is 80.4. The Kier molecular flexibility index (Phi) is 71.4. The van der Waals surface area contributed by atoms with Gasteiger partial charge in [0.25, 0.3) is 0 Å². The molecule has 0 unspecified atom stereocenters. The lowest BCUT2D eigenvalue weighted by Gasteiger charge is -2.17. The van der Waals surface area contributed by atoms with Crippen molar-refractivity contribution in [3.05, 3.63) is 158 Å². The number of nitrogens with zero attached hydrogens (tertiary/aromatic N) is 19. The highest BCUT2D eigenvalue weighted by Crippen LogP contribution is 2.20. The highest BCUT2D eigenvalue weighted by Gasteiger charge is 2.24. The molecule has 3 aromatic carbocycles. The maximum Gasteiger partial charge on any atom is 0.437 e.